The Bertz CT molecular complexity index is 596. The molecule has 0 aliphatic carbocycles. The number of sulfonamides is 1. The van der Waals surface area contributed by atoms with Gasteiger partial charge in [0.05, 0.1) is 22.5 Å². The van der Waals surface area contributed by atoms with Crippen LogP contribution in [0.25, 0.3) is 0 Å². The molecule has 0 bridgehead atoms. The highest BCUT2D eigenvalue weighted by molar-refractivity contribution is 7.88. The average Bonchev–Trinajstić information content (AvgIpc) is 2.37. The molecule has 0 spiro atoms. The summed E-state index contributed by atoms with van der Waals surface area (Å²) in [5.74, 6) is 0. The van der Waals surface area contributed by atoms with Gasteiger partial charge >= 0.3 is 0 Å². The number of halogens is 1. The SMILES string of the molecule is CCN(CCCNc1cccc(Cl)c1C#N)S(C)(=O)=O. The van der Waals surface area contributed by atoms with E-state index in [1.807, 2.05) is 6.07 Å². The summed E-state index contributed by atoms with van der Waals surface area (Å²) < 4.78 is 24.2. The summed E-state index contributed by atoms with van der Waals surface area (Å²) in [7, 11) is -3.15. The second kappa shape index (κ2) is 7.48. The number of anilines is 1. The van der Waals surface area contributed by atoms with Gasteiger partial charge in [-0.05, 0) is 18.6 Å². The molecule has 1 rings (SSSR count). The van der Waals surface area contributed by atoms with Gasteiger partial charge in [0.2, 0.25) is 10.0 Å². The molecule has 0 saturated heterocycles. The van der Waals surface area contributed by atoms with Crippen molar-refractivity contribution >= 4 is 27.3 Å². The molecular formula is C13H18ClN3O2S. The molecule has 20 heavy (non-hydrogen) atoms. The van der Waals surface area contributed by atoms with Crippen molar-refractivity contribution in [2.24, 2.45) is 0 Å². The summed E-state index contributed by atoms with van der Waals surface area (Å²) >= 11 is 5.93. The van der Waals surface area contributed by atoms with Crippen LogP contribution in [0.4, 0.5) is 5.69 Å². The zero-order valence-corrected chi connectivity index (χ0v) is 13.1. The van der Waals surface area contributed by atoms with Gasteiger partial charge in [0.15, 0.2) is 0 Å². The van der Waals surface area contributed by atoms with E-state index in [4.69, 9.17) is 16.9 Å². The molecule has 0 radical (unpaired) electrons. The Hall–Kier alpha value is -1.29. The van der Waals surface area contributed by atoms with Crippen molar-refractivity contribution in [3.05, 3.63) is 28.8 Å². The summed E-state index contributed by atoms with van der Waals surface area (Å²) in [5, 5.41) is 12.5. The highest BCUT2D eigenvalue weighted by Gasteiger charge is 2.13. The largest absolute Gasteiger partial charge is 0.384 e. The average molecular weight is 316 g/mol. The van der Waals surface area contributed by atoms with E-state index in [0.29, 0.717) is 42.3 Å². The third-order valence-corrected chi connectivity index (χ3v) is 4.54. The van der Waals surface area contributed by atoms with Crippen molar-refractivity contribution in [2.45, 2.75) is 13.3 Å². The fourth-order valence-corrected chi connectivity index (χ4v) is 2.97. The van der Waals surface area contributed by atoms with Gasteiger partial charge in [0.1, 0.15) is 6.07 Å². The van der Waals surface area contributed by atoms with Crippen LogP contribution >= 0.6 is 11.6 Å². The normalized spacial score (nSPS) is 11.3. The van der Waals surface area contributed by atoms with E-state index >= 15 is 0 Å². The maximum Gasteiger partial charge on any atom is 0.211 e. The molecule has 0 aromatic heterocycles. The molecule has 7 heteroatoms. The van der Waals surface area contributed by atoms with Gasteiger partial charge in [0.25, 0.3) is 0 Å². The fraction of sp³-hybridized carbons (Fsp3) is 0.462. The quantitative estimate of drug-likeness (QED) is 0.784. The van der Waals surface area contributed by atoms with Crippen LogP contribution in [0.15, 0.2) is 18.2 Å². The molecule has 0 fully saturated rings. The number of hydrogen-bond donors (Lipinski definition) is 1. The van der Waals surface area contributed by atoms with Crippen molar-refractivity contribution in [3.8, 4) is 6.07 Å². The van der Waals surface area contributed by atoms with Crippen molar-refractivity contribution in [3.63, 3.8) is 0 Å². The van der Waals surface area contributed by atoms with E-state index in [-0.39, 0.29) is 0 Å². The van der Waals surface area contributed by atoms with Crippen molar-refractivity contribution in [1.82, 2.24) is 4.31 Å². The molecule has 1 aromatic rings. The van der Waals surface area contributed by atoms with Crippen LogP contribution in [-0.4, -0.2) is 38.6 Å². The van der Waals surface area contributed by atoms with Gasteiger partial charge in [-0.3, -0.25) is 0 Å². The predicted octanol–water partition coefficient (Wildman–Crippen LogP) is 2.30. The van der Waals surface area contributed by atoms with E-state index in [1.54, 1.807) is 25.1 Å². The number of rotatable bonds is 7. The summed E-state index contributed by atoms with van der Waals surface area (Å²) in [5.41, 5.74) is 1.08. The highest BCUT2D eigenvalue weighted by atomic mass is 35.5. The topological polar surface area (TPSA) is 73.2 Å². The summed E-state index contributed by atoms with van der Waals surface area (Å²) in [6.07, 6.45) is 1.85. The highest BCUT2D eigenvalue weighted by Crippen LogP contribution is 2.23. The first-order chi connectivity index (χ1) is 9.40. The van der Waals surface area contributed by atoms with E-state index in [2.05, 4.69) is 5.32 Å². The maximum absolute atomic E-state index is 11.4. The van der Waals surface area contributed by atoms with Crippen molar-refractivity contribution in [1.29, 1.82) is 5.26 Å². The molecule has 0 unspecified atom stereocenters. The van der Waals surface area contributed by atoms with Crippen LogP contribution in [0.5, 0.6) is 0 Å². The van der Waals surface area contributed by atoms with Gasteiger partial charge < -0.3 is 5.32 Å². The number of nitrogens with zero attached hydrogens (tertiary/aromatic N) is 2. The van der Waals surface area contributed by atoms with Gasteiger partial charge in [-0.15, -0.1) is 0 Å². The lowest BCUT2D eigenvalue weighted by atomic mass is 10.2. The molecule has 0 aliphatic rings. The van der Waals surface area contributed by atoms with E-state index < -0.39 is 10.0 Å². The first-order valence-corrected chi connectivity index (χ1v) is 8.50. The van der Waals surface area contributed by atoms with Crippen LogP contribution in [0.3, 0.4) is 0 Å². The lowest BCUT2D eigenvalue weighted by Gasteiger charge is -2.18. The molecule has 0 aliphatic heterocycles. The smallest absolute Gasteiger partial charge is 0.211 e. The number of nitriles is 1. The predicted molar refractivity (Wildman–Crippen MR) is 81.4 cm³/mol. The Morgan fingerprint density at radius 2 is 2.15 bits per heavy atom. The van der Waals surface area contributed by atoms with Gasteiger partial charge in [0, 0.05) is 19.6 Å². The zero-order chi connectivity index (χ0) is 15.2. The second-order valence-corrected chi connectivity index (χ2v) is 6.70. The minimum atomic E-state index is -3.15. The van der Waals surface area contributed by atoms with Crippen LogP contribution in [0.1, 0.15) is 18.9 Å². The van der Waals surface area contributed by atoms with Crippen LogP contribution in [-0.2, 0) is 10.0 Å². The molecule has 0 saturated carbocycles. The summed E-state index contributed by atoms with van der Waals surface area (Å²) in [6.45, 7) is 3.28. The molecule has 0 amide bonds. The van der Waals surface area contributed by atoms with Crippen LogP contribution in [0.2, 0.25) is 5.02 Å². The minimum absolute atomic E-state index is 0.406. The Kier molecular flexibility index (Phi) is 6.27. The lowest BCUT2D eigenvalue weighted by Crippen LogP contribution is -2.31. The van der Waals surface area contributed by atoms with Gasteiger partial charge in [-0.2, -0.15) is 5.26 Å². The molecule has 0 atom stereocenters. The maximum atomic E-state index is 11.4. The van der Waals surface area contributed by atoms with Gasteiger partial charge in [-0.1, -0.05) is 24.6 Å². The Morgan fingerprint density at radius 1 is 1.45 bits per heavy atom. The Labute approximate surface area is 125 Å². The molecule has 0 heterocycles. The van der Waals surface area contributed by atoms with Crippen LogP contribution in [0, 0.1) is 11.3 Å². The second-order valence-electron chi connectivity index (χ2n) is 4.31. The number of nitrogens with one attached hydrogen (secondary N) is 1. The third-order valence-electron chi connectivity index (χ3n) is 2.85. The number of hydrogen-bond acceptors (Lipinski definition) is 4. The Balaban J connectivity index is 2.54. The zero-order valence-electron chi connectivity index (χ0n) is 11.6. The summed E-state index contributed by atoms with van der Waals surface area (Å²) in [4.78, 5) is 0. The Morgan fingerprint density at radius 3 is 2.70 bits per heavy atom. The minimum Gasteiger partial charge on any atom is -0.384 e. The van der Waals surface area contributed by atoms with Gasteiger partial charge in [-0.25, -0.2) is 12.7 Å². The van der Waals surface area contributed by atoms with E-state index in [1.165, 1.54) is 10.6 Å². The van der Waals surface area contributed by atoms with Crippen LogP contribution < -0.4 is 5.32 Å². The molecular weight excluding hydrogens is 298 g/mol. The molecule has 1 aromatic carbocycles. The number of benzene rings is 1. The monoisotopic (exact) mass is 315 g/mol. The third kappa shape index (κ3) is 4.67. The van der Waals surface area contributed by atoms with Crippen molar-refractivity contribution < 1.29 is 8.42 Å². The molecule has 110 valence electrons. The first kappa shape index (κ1) is 16.8. The van der Waals surface area contributed by atoms with E-state index in [0.717, 1.165) is 0 Å². The first-order valence-electron chi connectivity index (χ1n) is 6.27. The van der Waals surface area contributed by atoms with E-state index in [9.17, 15) is 8.42 Å². The molecule has 1 N–H and O–H groups in total. The summed E-state index contributed by atoms with van der Waals surface area (Å²) in [6, 6.07) is 7.25. The van der Waals surface area contributed by atoms with Crippen molar-refractivity contribution in [2.75, 3.05) is 31.2 Å². The standard InChI is InChI=1S/C13H18ClN3O2S/c1-3-17(20(2,18)19)9-5-8-16-13-7-4-6-12(14)11(13)10-15/h4,6-7,16H,3,5,8-9H2,1-2H3. The molecule has 5 nitrogen and oxygen atoms in total. The lowest BCUT2D eigenvalue weighted by molar-refractivity contribution is 0.429. The fourth-order valence-electron chi connectivity index (χ4n) is 1.82.